The molecule has 2 N–H and O–H groups in total. The van der Waals surface area contributed by atoms with E-state index < -0.39 is 18.2 Å². The molecule has 0 radical (unpaired) electrons. The average molecular weight is 357 g/mol. The van der Waals surface area contributed by atoms with E-state index in [-0.39, 0.29) is 5.91 Å². The van der Waals surface area contributed by atoms with Gasteiger partial charge in [0.2, 0.25) is 0 Å². The first-order chi connectivity index (χ1) is 12.6. The van der Waals surface area contributed by atoms with Crippen molar-refractivity contribution >= 4 is 17.9 Å². The van der Waals surface area contributed by atoms with Crippen LogP contribution in [0.15, 0.2) is 48.0 Å². The largest absolute Gasteiger partial charge is 0.494 e. The molecule has 8 nitrogen and oxygen atoms in total. The quantitative estimate of drug-likeness (QED) is 0.556. The number of hydrogen-bond donors (Lipinski definition) is 2. The minimum absolute atomic E-state index is 0.321. The van der Waals surface area contributed by atoms with Crippen LogP contribution in [-0.2, 0) is 4.79 Å². The van der Waals surface area contributed by atoms with Crippen molar-refractivity contribution in [3.8, 4) is 5.75 Å². The second-order valence-corrected chi connectivity index (χ2v) is 6.10. The molecule has 2 aliphatic heterocycles. The third-order valence-corrected chi connectivity index (χ3v) is 4.35. The number of carbonyl (C=O) groups is 2. The van der Waals surface area contributed by atoms with Crippen LogP contribution in [0, 0.1) is 0 Å². The van der Waals surface area contributed by atoms with Gasteiger partial charge in [-0.2, -0.15) is 0 Å². The Kier molecular flexibility index (Phi) is 5.40. The number of para-hydroxylation sites is 1. The van der Waals surface area contributed by atoms with Crippen molar-refractivity contribution in [3.63, 3.8) is 0 Å². The van der Waals surface area contributed by atoms with Gasteiger partial charge in [0.05, 0.1) is 13.2 Å². The van der Waals surface area contributed by atoms with E-state index in [1.165, 1.54) is 4.90 Å². The number of carbonyl (C=O) groups excluding carboxylic acids is 2. The van der Waals surface area contributed by atoms with Crippen LogP contribution in [0.25, 0.3) is 0 Å². The van der Waals surface area contributed by atoms with E-state index in [0.29, 0.717) is 32.1 Å². The third-order valence-electron chi connectivity index (χ3n) is 4.35. The van der Waals surface area contributed by atoms with Gasteiger partial charge in [0.15, 0.2) is 12.0 Å². The monoisotopic (exact) mass is 357 g/mol. The molecule has 2 saturated heterocycles. The molecule has 0 spiro atoms. The molecular weight excluding hydrogens is 334 g/mol. The first-order valence-corrected chi connectivity index (χ1v) is 8.56. The number of nitrogens with zero attached hydrogens (tertiary/aromatic N) is 3. The van der Waals surface area contributed by atoms with Crippen LogP contribution in [0.5, 0.6) is 5.75 Å². The van der Waals surface area contributed by atoms with Gasteiger partial charge in [-0.1, -0.05) is 24.3 Å². The number of amides is 3. The number of fused-ring (bicyclic) bond motifs is 1. The van der Waals surface area contributed by atoms with Crippen molar-refractivity contribution in [3.05, 3.63) is 43.0 Å². The summed E-state index contributed by atoms with van der Waals surface area (Å²) in [6.07, 6.45) is 1.95. The van der Waals surface area contributed by atoms with Gasteiger partial charge < -0.3 is 19.9 Å². The van der Waals surface area contributed by atoms with E-state index in [4.69, 9.17) is 4.74 Å². The molecule has 1 aromatic rings. The molecule has 0 saturated carbocycles. The van der Waals surface area contributed by atoms with Crippen LogP contribution in [0.2, 0.25) is 0 Å². The summed E-state index contributed by atoms with van der Waals surface area (Å²) < 4.78 is 5.72. The normalized spacial score (nSPS) is 23.5. The van der Waals surface area contributed by atoms with Gasteiger partial charge in [0.25, 0.3) is 5.91 Å². The molecule has 0 aliphatic carbocycles. The zero-order valence-electron chi connectivity index (χ0n) is 14.7. The number of urea groups is 1. The molecule has 26 heavy (non-hydrogen) atoms. The maximum Gasteiger partial charge on any atom is 0.325 e. The van der Waals surface area contributed by atoms with Crippen molar-refractivity contribution in [2.75, 3.05) is 26.7 Å². The molecule has 3 rings (SSSR count). The summed E-state index contributed by atoms with van der Waals surface area (Å²) >= 11 is 0. The summed E-state index contributed by atoms with van der Waals surface area (Å²) in [6.45, 7) is 5.19. The second kappa shape index (κ2) is 7.90. The van der Waals surface area contributed by atoms with Crippen molar-refractivity contribution in [2.45, 2.75) is 18.6 Å². The molecular formula is C18H23N5O3. The molecule has 138 valence electrons. The highest BCUT2D eigenvalue weighted by molar-refractivity contribution is 6.04. The number of ether oxygens (including phenoxy) is 1. The Balaban J connectivity index is 1.66. The van der Waals surface area contributed by atoms with E-state index in [9.17, 15) is 9.59 Å². The number of aliphatic imine (C=N–C) groups is 1. The third kappa shape index (κ3) is 3.63. The van der Waals surface area contributed by atoms with Crippen LogP contribution < -0.4 is 15.4 Å². The fourth-order valence-electron chi connectivity index (χ4n) is 3.06. The first-order valence-electron chi connectivity index (χ1n) is 8.56. The van der Waals surface area contributed by atoms with Gasteiger partial charge in [0, 0.05) is 13.6 Å². The lowest BCUT2D eigenvalue weighted by Gasteiger charge is -2.35. The van der Waals surface area contributed by atoms with E-state index in [0.717, 1.165) is 5.75 Å². The first kappa shape index (κ1) is 17.8. The maximum atomic E-state index is 12.4. The summed E-state index contributed by atoms with van der Waals surface area (Å²) in [5.74, 6) is 1.08. The number of benzene rings is 1. The van der Waals surface area contributed by atoms with Crippen LogP contribution in [-0.4, -0.2) is 66.6 Å². The predicted octanol–water partition coefficient (Wildman–Crippen LogP) is 0.779. The summed E-state index contributed by atoms with van der Waals surface area (Å²) in [7, 11) is 1.65. The Bertz CT molecular complexity index is 706. The average Bonchev–Trinajstić information content (AvgIpc) is 3.01. The SMILES string of the molecule is C=CCN=C1NC2C(C(=O)NC(=O)N2C)N1CCCOc1ccccc1. The topological polar surface area (TPSA) is 86.3 Å². The molecule has 8 heteroatoms. The number of nitrogens with one attached hydrogen (secondary N) is 2. The molecule has 2 atom stereocenters. The Morgan fingerprint density at radius 3 is 2.81 bits per heavy atom. The number of likely N-dealkylation sites (N-methyl/N-ethyl adjacent to an activating group) is 1. The lowest BCUT2D eigenvalue weighted by molar-refractivity contribution is -0.127. The van der Waals surface area contributed by atoms with Crippen LogP contribution in [0.3, 0.4) is 0 Å². The fourth-order valence-corrected chi connectivity index (χ4v) is 3.06. The summed E-state index contributed by atoms with van der Waals surface area (Å²) in [4.78, 5) is 32.0. The maximum absolute atomic E-state index is 12.4. The minimum Gasteiger partial charge on any atom is -0.494 e. The Morgan fingerprint density at radius 1 is 1.31 bits per heavy atom. The Labute approximate surface area is 152 Å². The molecule has 2 aliphatic rings. The van der Waals surface area contributed by atoms with Gasteiger partial charge in [-0.05, 0) is 18.6 Å². The van der Waals surface area contributed by atoms with Crippen molar-refractivity contribution in [1.82, 2.24) is 20.4 Å². The summed E-state index contributed by atoms with van der Waals surface area (Å²) in [5.41, 5.74) is 0. The second-order valence-electron chi connectivity index (χ2n) is 6.10. The Hall–Kier alpha value is -3.03. The molecule has 0 aromatic heterocycles. The van der Waals surface area contributed by atoms with Gasteiger partial charge in [0.1, 0.15) is 11.9 Å². The Morgan fingerprint density at radius 2 is 2.08 bits per heavy atom. The van der Waals surface area contributed by atoms with E-state index in [1.54, 1.807) is 13.1 Å². The molecule has 2 fully saturated rings. The predicted molar refractivity (Wildman–Crippen MR) is 97.8 cm³/mol. The molecule has 2 unspecified atom stereocenters. The molecule has 2 heterocycles. The van der Waals surface area contributed by atoms with Gasteiger partial charge >= 0.3 is 6.03 Å². The smallest absolute Gasteiger partial charge is 0.325 e. The lowest BCUT2D eigenvalue weighted by Crippen LogP contribution is -2.64. The highest BCUT2D eigenvalue weighted by Crippen LogP contribution is 2.21. The van der Waals surface area contributed by atoms with Gasteiger partial charge in [-0.25, -0.2) is 9.79 Å². The number of rotatable bonds is 7. The standard InChI is InChI=1S/C18H23N5O3/c1-3-10-19-17-20-15-14(16(24)21-18(25)22(15)2)23(17)11-7-12-26-13-8-5-4-6-9-13/h3-6,8-9,14-15H,1,7,10-12H2,2H3,(H,19,20)(H,21,24,25). The van der Waals surface area contributed by atoms with Crippen molar-refractivity contribution in [1.29, 1.82) is 0 Å². The van der Waals surface area contributed by atoms with E-state index >= 15 is 0 Å². The van der Waals surface area contributed by atoms with Crippen molar-refractivity contribution in [2.24, 2.45) is 4.99 Å². The van der Waals surface area contributed by atoms with E-state index in [2.05, 4.69) is 22.2 Å². The molecule has 1 aromatic carbocycles. The fraction of sp³-hybridized carbons (Fsp3) is 0.389. The molecule has 3 amide bonds. The van der Waals surface area contributed by atoms with E-state index in [1.807, 2.05) is 35.2 Å². The van der Waals surface area contributed by atoms with Crippen LogP contribution in [0.1, 0.15) is 6.42 Å². The number of imide groups is 1. The zero-order chi connectivity index (χ0) is 18.5. The van der Waals surface area contributed by atoms with Crippen molar-refractivity contribution < 1.29 is 14.3 Å². The number of guanidine groups is 1. The minimum atomic E-state index is -0.516. The van der Waals surface area contributed by atoms with Crippen LogP contribution >= 0.6 is 0 Å². The highest BCUT2D eigenvalue weighted by Gasteiger charge is 2.49. The summed E-state index contributed by atoms with van der Waals surface area (Å²) in [6, 6.07) is 8.65. The molecule has 0 bridgehead atoms. The summed E-state index contributed by atoms with van der Waals surface area (Å²) in [5, 5.41) is 5.56. The van der Waals surface area contributed by atoms with Gasteiger partial charge in [-0.15, -0.1) is 6.58 Å². The lowest BCUT2D eigenvalue weighted by atomic mass is 10.1. The van der Waals surface area contributed by atoms with Gasteiger partial charge in [-0.3, -0.25) is 10.1 Å². The highest BCUT2D eigenvalue weighted by atomic mass is 16.5. The zero-order valence-corrected chi connectivity index (χ0v) is 14.7. The number of hydrogen-bond acceptors (Lipinski definition) is 4. The van der Waals surface area contributed by atoms with Crippen LogP contribution in [0.4, 0.5) is 4.79 Å².